The summed E-state index contributed by atoms with van der Waals surface area (Å²) in [6.07, 6.45) is 1.94. The average molecular weight is 643 g/mol. The van der Waals surface area contributed by atoms with Crippen molar-refractivity contribution >= 4 is 46.0 Å². The van der Waals surface area contributed by atoms with Crippen molar-refractivity contribution in [2.75, 3.05) is 40.0 Å². The Morgan fingerprint density at radius 1 is 1.02 bits per heavy atom. The van der Waals surface area contributed by atoms with Gasteiger partial charge in [-0.2, -0.15) is 5.10 Å². The van der Waals surface area contributed by atoms with Crippen molar-refractivity contribution in [3.63, 3.8) is 0 Å². The Bertz CT molecular complexity index is 2120. The van der Waals surface area contributed by atoms with Crippen LogP contribution in [-0.2, 0) is 26.1 Å². The molecule has 3 aliphatic carbocycles. The number of carbonyl (C=O) groups is 5. The number of pyridine rings is 1. The quantitative estimate of drug-likeness (QED) is 0.112. The molecule has 0 bridgehead atoms. The number of aromatic nitrogens is 1. The smallest absolute Gasteiger partial charge is 0.260 e. The van der Waals surface area contributed by atoms with Gasteiger partial charge in [-0.25, -0.2) is 5.43 Å². The second-order valence-corrected chi connectivity index (χ2v) is 11.6. The van der Waals surface area contributed by atoms with Crippen LogP contribution in [-0.4, -0.2) is 100 Å². The van der Waals surface area contributed by atoms with Crippen LogP contribution in [0.15, 0.2) is 33.9 Å². The maximum absolute atomic E-state index is 14.1. The molecule has 1 fully saturated rings. The number of ether oxygens (including phenoxy) is 2. The van der Waals surface area contributed by atoms with Crippen molar-refractivity contribution in [1.29, 1.82) is 0 Å². The monoisotopic (exact) mass is 642 g/mol. The summed E-state index contributed by atoms with van der Waals surface area (Å²) in [6, 6.07) is 3.04. The predicted molar refractivity (Wildman–Crippen MR) is 161 cm³/mol. The number of H-pyrrole nitrogens is 1. The number of rotatable bonds is 5. The van der Waals surface area contributed by atoms with E-state index in [9.17, 15) is 44.1 Å². The van der Waals surface area contributed by atoms with Crippen molar-refractivity contribution in [2.45, 2.75) is 18.3 Å². The van der Waals surface area contributed by atoms with Crippen molar-refractivity contribution in [1.82, 2.24) is 15.3 Å². The number of aromatic amines is 1. The van der Waals surface area contributed by atoms with E-state index in [4.69, 9.17) is 9.47 Å². The standard InChI is InChI=1S/C32H26N4O11/c1-46-17-10-16(37)20-21(25(17)39)27(41)23-22(26(20)40)29(43)32(30(23)44)3-2-13-8-14-9-15(34-31(45)19(14)28(42)24(13)32)11-33-35-18(38)12-36-4-6-47-7-5-36/h8-11,40-42H,2-7,12H2,1H3,(H,34,45)(H,35,38). The van der Waals surface area contributed by atoms with Gasteiger partial charge >= 0.3 is 0 Å². The first kappa shape index (κ1) is 30.0. The lowest BCUT2D eigenvalue weighted by molar-refractivity contribution is -0.123. The molecule has 1 spiro atoms. The fourth-order valence-electron chi connectivity index (χ4n) is 7.00. The minimum Gasteiger partial charge on any atom is -0.507 e. The number of hydrogen-bond acceptors (Lipinski definition) is 13. The molecule has 1 unspecified atom stereocenters. The van der Waals surface area contributed by atoms with Crippen LogP contribution in [0.3, 0.4) is 0 Å². The number of benzene rings is 2. The zero-order valence-electron chi connectivity index (χ0n) is 24.8. The maximum atomic E-state index is 14.1. The number of fused-ring (bicyclic) bond motifs is 5. The molecule has 2 aromatic carbocycles. The molecule has 15 heteroatoms. The van der Waals surface area contributed by atoms with Crippen LogP contribution in [0.2, 0.25) is 0 Å². The number of ketones is 4. The molecule has 0 saturated carbocycles. The van der Waals surface area contributed by atoms with Gasteiger partial charge in [0, 0.05) is 24.7 Å². The fraction of sp³-hybridized carbons (Fsp3) is 0.281. The lowest BCUT2D eigenvalue weighted by Gasteiger charge is -2.25. The Labute approximate surface area is 264 Å². The van der Waals surface area contributed by atoms with Gasteiger partial charge in [-0.05, 0) is 29.9 Å². The van der Waals surface area contributed by atoms with Crippen molar-refractivity contribution in [2.24, 2.45) is 5.10 Å². The third-order valence-corrected chi connectivity index (χ3v) is 9.12. The molecule has 5 N–H and O–H groups in total. The van der Waals surface area contributed by atoms with Crippen LogP contribution in [0.5, 0.6) is 17.2 Å². The van der Waals surface area contributed by atoms with E-state index >= 15 is 0 Å². The molecule has 4 aliphatic rings. The van der Waals surface area contributed by atoms with E-state index in [0.717, 1.165) is 13.2 Å². The molecule has 3 aromatic rings. The van der Waals surface area contributed by atoms with Crippen molar-refractivity contribution < 1.29 is 48.8 Å². The zero-order chi connectivity index (χ0) is 33.4. The minimum atomic E-state index is -2.14. The van der Waals surface area contributed by atoms with Crippen molar-refractivity contribution in [3.05, 3.63) is 73.4 Å². The molecule has 1 saturated heterocycles. The molecule has 1 aliphatic heterocycles. The molecule has 1 atom stereocenters. The van der Waals surface area contributed by atoms with Crippen molar-refractivity contribution in [3.8, 4) is 17.2 Å². The number of phenols is 3. The first-order valence-electron chi connectivity index (χ1n) is 14.6. The summed E-state index contributed by atoms with van der Waals surface area (Å²) in [5, 5.41) is 37.7. The van der Waals surface area contributed by atoms with E-state index in [1.165, 1.54) is 12.3 Å². The number of aromatic hydroxyl groups is 3. The maximum Gasteiger partial charge on any atom is 0.260 e. The van der Waals surface area contributed by atoms with E-state index in [-0.39, 0.29) is 47.3 Å². The Morgan fingerprint density at radius 3 is 2.38 bits per heavy atom. The predicted octanol–water partition coefficient (Wildman–Crippen LogP) is 0.600. The molecule has 7 rings (SSSR count). The summed E-state index contributed by atoms with van der Waals surface area (Å²) < 4.78 is 10.2. The number of aryl methyl sites for hydroxylation is 1. The molecular weight excluding hydrogens is 616 g/mol. The van der Waals surface area contributed by atoms with Gasteiger partial charge in [0.15, 0.2) is 23.1 Å². The van der Waals surface area contributed by atoms with Gasteiger partial charge in [-0.15, -0.1) is 0 Å². The summed E-state index contributed by atoms with van der Waals surface area (Å²) >= 11 is 0. The van der Waals surface area contributed by atoms with Gasteiger partial charge in [-0.3, -0.25) is 33.7 Å². The van der Waals surface area contributed by atoms with Crippen LogP contribution in [0.4, 0.5) is 0 Å². The molecule has 0 radical (unpaired) electrons. The molecule has 1 aromatic heterocycles. The van der Waals surface area contributed by atoms with Crippen LogP contribution in [0.1, 0.15) is 64.7 Å². The SMILES string of the molecule is COC1=CC(=O)c2c(O)c3c(c(O)c2C1=O)C(=O)C1(CCc2cc4cc(C=NNC(=O)CN5CCOCC5)[nH]c(=O)c4c(O)c21)C3=O. The second kappa shape index (κ2) is 10.7. The lowest BCUT2D eigenvalue weighted by atomic mass is 9.76. The van der Waals surface area contributed by atoms with Crippen LogP contribution >= 0.6 is 0 Å². The topological polar surface area (TPSA) is 225 Å². The second-order valence-electron chi connectivity index (χ2n) is 11.6. The number of hydrogen-bond donors (Lipinski definition) is 5. The Morgan fingerprint density at radius 2 is 1.70 bits per heavy atom. The summed E-state index contributed by atoms with van der Waals surface area (Å²) in [6.45, 7) is 2.41. The summed E-state index contributed by atoms with van der Waals surface area (Å²) in [5.41, 5.74) is -2.76. The molecule has 47 heavy (non-hydrogen) atoms. The van der Waals surface area contributed by atoms with E-state index in [2.05, 4.69) is 15.5 Å². The van der Waals surface area contributed by atoms with Gasteiger partial charge in [0.25, 0.3) is 11.5 Å². The van der Waals surface area contributed by atoms with E-state index in [1.54, 1.807) is 6.07 Å². The normalized spacial score (nSPS) is 20.6. The summed E-state index contributed by atoms with van der Waals surface area (Å²) in [5.74, 6) is -7.22. The number of allylic oxidation sites excluding steroid dienone is 2. The Hall–Kier alpha value is -5.67. The van der Waals surface area contributed by atoms with Gasteiger partial charge in [0.1, 0.15) is 22.7 Å². The summed E-state index contributed by atoms with van der Waals surface area (Å²) in [7, 11) is 1.13. The Balaban J connectivity index is 1.26. The number of phenolic OH excluding ortho intramolecular Hbond substituents is 3. The number of methoxy groups -OCH3 is 1. The highest BCUT2D eigenvalue weighted by Crippen LogP contribution is 2.57. The van der Waals surface area contributed by atoms with Crippen LogP contribution in [0.25, 0.3) is 10.8 Å². The molecular formula is C32H26N4O11. The fourth-order valence-corrected chi connectivity index (χ4v) is 7.00. The highest BCUT2D eigenvalue weighted by atomic mass is 16.5. The number of nitrogens with one attached hydrogen (secondary N) is 2. The van der Waals surface area contributed by atoms with Gasteiger partial charge in [0.05, 0.1) is 66.4 Å². The third kappa shape index (κ3) is 4.23. The van der Waals surface area contributed by atoms with Crippen LogP contribution < -0.4 is 11.0 Å². The first-order valence-corrected chi connectivity index (χ1v) is 14.6. The number of Topliss-reactive ketones (excluding diaryl/α,β-unsaturated/α-hetero) is 3. The lowest BCUT2D eigenvalue weighted by Crippen LogP contribution is -2.42. The van der Waals surface area contributed by atoms with E-state index in [1.807, 2.05) is 4.90 Å². The first-order chi connectivity index (χ1) is 22.5. The molecule has 1 amide bonds. The highest BCUT2D eigenvalue weighted by molar-refractivity contribution is 6.38. The number of amides is 1. The third-order valence-electron chi connectivity index (χ3n) is 9.12. The minimum absolute atomic E-state index is 0.0899. The zero-order valence-corrected chi connectivity index (χ0v) is 24.8. The molecule has 2 heterocycles. The van der Waals surface area contributed by atoms with E-state index in [0.29, 0.717) is 31.9 Å². The largest absolute Gasteiger partial charge is 0.507 e. The summed E-state index contributed by atoms with van der Waals surface area (Å²) in [4.78, 5) is 84.0. The average Bonchev–Trinajstić information content (AvgIpc) is 3.53. The van der Waals surface area contributed by atoms with Gasteiger partial charge < -0.3 is 29.8 Å². The number of hydrazone groups is 1. The number of nitrogens with zero attached hydrogens (tertiary/aromatic N) is 2. The number of carbonyl (C=O) groups excluding carboxylic acids is 5. The Kier molecular flexibility index (Phi) is 6.84. The molecule has 15 nitrogen and oxygen atoms in total. The van der Waals surface area contributed by atoms with Crippen LogP contribution in [0, 0.1) is 0 Å². The number of morpholine rings is 1. The van der Waals surface area contributed by atoms with E-state index < -0.39 is 79.4 Å². The molecule has 240 valence electrons. The van der Waals surface area contributed by atoms with Gasteiger partial charge in [-0.1, -0.05) is 6.07 Å². The highest BCUT2D eigenvalue weighted by Gasteiger charge is 2.61. The van der Waals surface area contributed by atoms with Gasteiger partial charge in [0.2, 0.25) is 5.78 Å².